The molecule has 1 unspecified atom stereocenters. The van der Waals surface area contributed by atoms with Gasteiger partial charge >= 0.3 is 5.97 Å². The number of carbonyl (C=O) groups is 1. The molecule has 1 aromatic carbocycles. The number of ether oxygens (including phenoxy) is 1. The van der Waals surface area contributed by atoms with E-state index >= 15 is 0 Å². The second kappa shape index (κ2) is 9.69. The van der Waals surface area contributed by atoms with Crippen LogP contribution in [0.3, 0.4) is 0 Å². The number of esters is 1. The number of aromatic nitrogens is 2. The van der Waals surface area contributed by atoms with Gasteiger partial charge in [-0.3, -0.25) is 0 Å². The van der Waals surface area contributed by atoms with Crippen LogP contribution in [0.25, 0.3) is 0 Å². The number of β-amino-alcohol motifs (C(OH)–C–C–N with tert-alkyl or cyclic N) is 1. The van der Waals surface area contributed by atoms with Crippen molar-refractivity contribution in [3.63, 3.8) is 0 Å². The Bertz CT molecular complexity index is 1080. The molecule has 34 heavy (non-hydrogen) atoms. The van der Waals surface area contributed by atoms with Gasteiger partial charge in [-0.2, -0.15) is 5.26 Å². The van der Waals surface area contributed by atoms with Gasteiger partial charge in [-0.05, 0) is 68.3 Å². The van der Waals surface area contributed by atoms with Crippen molar-refractivity contribution >= 4 is 11.8 Å². The molecule has 1 aromatic heterocycles. The maximum absolute atomic E-state index is 11.8. The molecular formula is C26H33N5O3. The van der Waals surface area contributed by atoms with Crippen molar-refractivity contribution in [3.8, 4) is 6.07 Å². The van der Waals surface area contributed by atoms with E-state index in [1.165, 1.54) is 6.20 Å². The monoisotopic (exact) mass is 463 g/mol. The summed E-state index contributed by atoms with van der Waals surface area (Å²) in [7, 11) is 0. The number of piperidine rings is 2. The fourth-order valence-electron chi connectivity index (χ4n) is 5.53. The number of cyclic esters (lactones) is 1. The molecule has 0 bridgehead atoms. The highest BCUT2D eigenvalue weighted by atomic mass is 16.5. The van der Waals surface area contributed by atoms with Gasteiger partial charge in [-0.1, -0.05) is 13.5 Å². The van der Waals surface area contributed by atoms with Gasteiger partial charge in [0.25, 0.3) is 0 Å². The van der Waals surface area contributed by atoms with Gasteiger partial charge < -0.3 is 19.6 Å². The van der Waals surface area contributed by atoms with Gasteiger partial charge in [0, 0.05) is 25.2 Å². The highest BCUT2D eigenvalue weighted by Crippen LogP contribution is 2.42. The van der Waals surface area contributed by atoms with E-state index < -0.39 is 6.10 Å². The Morgan fingerprint density at radius 3 is 2.50 bits per heavy atom. The SMILES string of the molecule is C.Cc1c(C(O)CN2CCC3(CC2)CCN(c2cnc(C#N)cn2)CC3)ccc2c1COC2=O. The zero-order valence-corrected chi connectivity index (χ0v) is 19.0. The van der Waals surface area contributed by atoms with Gasteiger partial charge in [0.15, 0.2) is 5.69 Å². The van der Waals surface area contributed by atoms with E-state index in [0.29, 0.717) is 29.8 Å². The van der Waals surface area contributed by atoms with Gasteiger partial charge in [0.1, 0.15) is 18.5 Å². The number of aliphatic hydroxyl groups excluding tert-OH is 1. The standard InChI is InChI=1S/C25H29N5O3.CH4/c1-17-19(2-3-20-21(17)16-33-24(20)32)22(31)15-29-8-4-25(5-9-29)6-10-30(11-7-25)23-14-27-18(12-26)13-28-23;/h2-3,13-14,22,31H,4-11,15-16H2,1H3;1H4. The third kappa shape index (κ3) is 4.50. The van der Waals surface area contributed by atoms with Crippen LogP contribution in [0.5, 0.6) is 0 Å². The van der Waals surface area contributed by atoms with Gasteiger partial charge in [0.05, 0.1) is 24.1 Å². The van der Waals surface area contributed by atoms with Crippen molar-refractivity contribution < 1.29 is 14.6 Å². The zero-order chi connectivity index (χ0) is 23.0. The predicted octanol–water partition coefficient (Wildman–Crippen LogP) is 3.38. The van der Waals surface area contributed by atoms with Crippen molar-refractivity contribution in [1.82, 2.24) is 14.9 Å². The summed E-state index contributed by atoms with van der Waals surface area (Å²) in [6.07, 6.45) is 7.19. The number of hydrogen-bond donors (Lipinski definition) is 1. The lowest BCUT2D eigenvalue weighted by atomic mass is 9.71. The molecule has 5 rings (SSSR count). The van der Waals surface area contributed by atoms with E-state index in [1.807, 2.05) is 19.1 Å². The van der Waals surface area contributed by atoms with Crippen LogP contribution in [0.2, 0.25) is 0 Å². The summed E-state index contributed by atoms with van der Waals surface area (Å²) in [6.45, 7) is 6.77. The summed E-state index contributed by atoms with van der Waals surface area (Å²) in [5.74, 6) is 0.578. The number of aliphatic hydroxyl groups is 1. The van der Waals surface area contributed by atoms with E-state index in [0.717, 1.165) is 74.4 Å². The highest BCUT2D eigenvalue weighted by Gasteiger charge is 2.38. The predicted molar refractivity (Wildman–Crippen MR) is 128 cm³/mol. The lowest BCUT2D eigenvalue weighted by Gasteiger charge is -2.47. The molecule has 1 atom stereocenters. The first-order chi connectivity index (χ1) is 16.0. The van der Waals surface area contributed by atoms with Crippen LogP contribution < -0.4 is 4.90 Å². The minimum atomic E-state index is -0.572. The average molecular weight is 464 g/mol. The second-order valence-electron chi connectivity index (χ2n) is 9.56. The Hall–Kier alpha value is -3.02. The van der Waals surface area contributed by atoms with E-state index in [1.54, 1.807) is 12.3 Å². The van der Waals surface area contributed by atoms with Crippen LogP contribution in [0.1, 0.15) is 72.0 Å². The van der Waals surface area contributed by atoms with Crippen LogP contribution >= 0.6 is 0 Å². The summed E-state index contributed by atoms with van der Waals surface area (Å²) in [6, 6.07) is 5.67. The van der Waals surface area contributed by atoms with E-state index in [2.05, 4.69) is 19.8 Å². The first-order valence-electron chi connectivity index (χ1n) is 11.6. The van der Waals surface area contributed by atoms with Crippen molar-refractivity contribution in [2.45, 2.75) is 52.7 Å². The maximum atomic E-state index is 11.8. The Labute approximate surface area is 201 Å². The second-order valence-corrected chi connectivity index (χ2v) is 9.56. The fourth-order valence-corrected chi connectivity index (χ4v) is 5.53. The number of hydrogen-bond acceptors (Lipinski definition) is 8. The fraction of sp³-hybridized carbons (Fsp3) is 0.538. The summed E-state index contributed by atoms with van der Waals surface area (Å²) in [5.41, 5.74) is 4.11. The number of likely N-dealkylation sites (tertiary alicyclic amines) is 1. The molecule has 0 amide bonds. The van der Waals surface area contributed by atoms with Crippen LogP contribution in [0, 0.1) is 23.7 Å². The topological polar surface area (TPSA) is 103 Å². The van der Waals surface area contributed by atoms with Gasteiger partial charge in [0.2, 0.25) is 0 Å². The molecule has 180 valence electrons. The summed E-state index contributed by atoms with van der Waals surface area (Å²) in [5, 5.41) is 19.8. The summed E-state index contributed by atoms with van der Waals surface area (Å²) < 4.78 is 5.14. The third-order valence-corrected chi connectivity index (χ3v) is 7.82. The minimum absolute atomic E-state index is 0. The third-order valence-electron chi connectivity index (χ3n) is 7.82. The molecule has 2 saturated heterocycles. The summed E-state index contributed by atoms with van der Waals surface area (Å²) >= 11 is 0. The molecule has 3 aliphatic heterocycles. The Kier molecular flexibility index (Phi) is 6.87. The first kappa shape index (κ1) is 24.1. The number of anilines is 1. The molecule has 8 heteroatoms. The molecule has 2 aromatic rings. The molecule has 1 spiro atoms. The number of nitriles is 1. The highest BCUT2D eigenvalue weighted by molar-refractivity contribution is 5.93. The Morgan fingerprint density at radius 1 is 1.15 bits per heavy atom. The number of fused-ring (bicyclic) bond motifs is 1. The molecule has 8 nitrogen and oxygen atoms in total. The van der Waals surface area contributed by atoms with Crippen LogP contribution in [0.15, 0.2) is 24.5 Å². The number of benzene rings is 1. The minimum Gasteiger partial charge on any atom is -0.457 e. The van der Waals surface area contributed by atoms with Gasteiger partial charge in [-0.25, -0.2) is 14.8 Å². The van der Waals surface area contributed by atoms with Crippen molar-refractivity contribution in [2.75, 3.05) is 37.6 Å². The van der Waals surface area contributed by atoms with Crippen LogP contribution in [-0.4, -0.2) is 58.7 Å². The lowest BCUT2D eigenvalue weighted by Crippen LogP contribution is -2.47. The Morgan fingerprint density at radius 2 is 1.85 bits per heavy atom. The van der Waals surface area contributed by atoms with Crippen LogP contribution in [-0.2, 0) is 11.3 Å². The quantitative estimate of drug-likeness (QED) is 0.689. The smallest absolute Gasteiger partial charge is 0.338 e. The van der Waals surface area contributed by atoms with E-state index in [-0.39, 0.29) is 13.4 Å². The molecule has 2 fully saturated rings. The number of rotatable bonds is 4. The zero-order valence-electron chi connectivity index (χ0n) is 19.0. The molecule has 4 heterocycles. The van der Waals surface area contributed by atoms with Crippen molar-refractivity contribution in [1.29, 1.82) is 5.26 Å². The van der Waals surface area contributed by atoms with Crippen molar-refractivity contribution in [3.05, 3.63) is 52.5 Å². The maximum Gasteiger partial charge on any atom is 0.338 e. The van der Waals surface area contributed by atoms with E-state index in [4.69, 9.17) is 10.00 Å². The van der Waals surface area contributed by atoms with Crippen molar-refractivity contribution in [2.24, 2.45) is 5.41 Å². The molecule has 1 N–H and O–H groups in total. The van der Waals surface area contributed by atoms with Gasteiger partial charge in [-0.15, -0.1) is 0 Å². The molecular weight excluding hydrogens is 430 g/mol. The largest absolute Gasteiger partial charge is 0.457 e. The normalized spacial score (nSPS) is 20.3. The first-order valence-corrected chi connectivity index (χ1v) is 11.6. The number of carbonyl (C=O) groups excluding carboxylic acids is 1. The van der Waals surface area contributed by atoms with Crippen LogP contribution in [0.4, 0.5) is 5.82 Å². The molecule has 0 saturated carbocycles. The lowest BCUT2D eigenvalue weighted by molar-refractivity contribution is 0.0447. The summed E-state index contributed by atoms with van der Waals surface area (Å²) in [4.78, 5) is 24.9. The van der Waals surface area contributed by atoms with E-state index in [9.17, 15) is 9.90 Å². The number of nitrogens with zero attached hydrogens (tertiary/aromatic N) is 5. The molecule has 3 aliphatic rings. The molecule has 0 aliphatic carbocycles. The molecule has 0 radical (unpaired) electrons. The average Bonchev–Trinajstić information content (AvgIpc) is 3.23. The Balaban J connectivity index is 0.00000274.